The Balaban J connectivity index is 2.03. The van der Waals surface area contributed by atoms with Gasteiger partial charge in [-0.25, -0.2) is 0 Å². The van der Waals surface area contributed by atoms with E-state index in [0.717, 1.165) is 11.8 Å². The predicted octanol–water partition coefficient (Wildman–Crippen LogP) is 1.77. The Morgan fingerprint density at radius 1 is 1.33 bits per heavy atom. The van der Waals surface area contributed by atoms with E-state index >= 15 is 0 Å². The van der Waals surface area contributed by atoms with E-state index in [0.29, 0.717) is 5.92 Å². The average Bonchev–Trinajstić information content (AvgIpc) is 2.40. The van der Waals surface area contributed by atoms with Crippen LogP contribution in [0.5, 0.6) is 0 Å². The fourth-order valence-electron chi connectivity index (χ4n) is 3.13. The third kappa shape index (κ3) is 1.25. The summed E-state index contributed by atoms with van der Waals surface area (Å²) in [5.74, 6) is 5.10. The second kappa shape index (κ2) is 2.50. The summed E-state index contributed by atoms with van der Waals surface area (Å²) in [5.41, 5.74) is 6.21. The molecule has 66 valence electrons. The summed E-state index contributed by atoms with van der Waals surface area (Å²) < 4.78 is 0. The first-order chi connectivity index (χ1) is 5.61. The lowest BCUT2D eigenvalue weighted by Gasteiger charge is -2.18. The van der Waals surface area contributed by atoms with Crippen LogP contribution in [-0.2, 0) is 0 Å². The molecule has 0 aromatic rings. The van der Waals surface area contributed by atoms with Gasteiger partial charge in [0, 0.05) is 11.5 Å². The van der Waals surface area contributed by atoms with Crippen LogP contribution in [0.4, 0.5) is 0 Å². The third-order valence-corrected chi connectivity index (χ3v) is 3.53. The van der Waals surface area contributed by atoms with Gasteiger partial charge in [0.15, 0.2) is 0 Å². The molecule has 0 aromatic carbocycles. The van der Waals surface area contributed by atoms with E-state index in [-0.39, 0.29) is 5.54 Å². The van der Waals surface area contributed by atoms with Gasteiger partial charge < -0.3 is 5.73 Å². The van der Waals surface area contributed by atoms with Crippen molar-refractivity contribution in [2.24, 2.45) is 23.5 Å². The first-order valence-electron chi connectivity index (χ1n) is 4.86. The van der Waals surface area contributed by atoms with Crippen LogP contribution in [0.2, 0.25) is 0 Å². The van der Waals surface area contributed by atoms with E-state index in [4.69, 9.17) is 12.2 Å². The summed E-state index contributed by atoms with van der Waals surface area (Å²) in [6, 6.07) is 0. The molecule has 2 fully saturated rings. The van der Waals surface area contributed by atoms with Crippen LogP contribution in [0.3, 0.4) is 0 Å². The van der Waals surface area contributed by atoms with Crippen molar-refractivity contribution in [3.05, 3.63) is 0 Å². The maximum Gasteiger partial charge on any atom is 0.0205 e. The van der Waals surface area contributed by atoms with E-state index in [1.807, 2.05) is 0 Å². The smallest absolute Gasteiger partial charge is 0.0205 e. The number of terminal acetylenes is 1. The molecule has 0 amide bonds. The largest absolute Gasteiger partial charge is 0.325 e. The summed E-state index contributed by atoms with van der Waals surface area (Å²) in [6.45, 7) is 2.18. The van der Waals surface area contributed by atoms with Crippen molar-refractivity contribution in [1.82, 2.24) is 0 Å². The van der Waals surface area contributed by atoms with Gasteiger partial charge in [-0.2, -0.15) is 0 Å². The fourth-order valence-corrected chi connectivity index (χ4v) is 3.13. The van der Waals surface area contributed by atoms with Gasteiger partial charge in [0.2, 0.25) is 0 Å². The van der Waals surface area contributed by atoms with Crippen LogP contribution in [0.25, 0.3) is 0 Å². The highest BCUT2D eigenvalue weighted by molar-refractivity contribution is 5.06. The van der Waals surface area contributed by atoms with Crippen molar-refractivity contribution in [3.8, 4) is 12.3 Å². The monoisotopic (exact) mass is 163 g/mol. The standard InChI is InChI=1S/C11H17N/c1-3-8-4-9-6-11(2,12)7-10(9)5-8/h1,8-10H,4-7,12H2,2H3/t8?,9-,10+,11-. The van der Waals surface area contributed by atoms with Gasteiger partial charge in [-0.1, -0.05) is 0 Å². The molecule has 0 heterocycles. The van der Waals surface area contributed by atoms with Crippen LogP contribution in [0.15, 0.2) is 0 Å². The molecule has 4 atom stereocenters. The first-order valence-corrected chi connectivity index (χ1v) is 4.86. The number of fused-ring (bicyclic) bond motifs is 1. The normalized spacial score (nSPS) is 51.9. The zero-order chi connectivity index (χ0) is 8.77. The van der Waals surface area contributed by atoms with Gasteiger partial charge in [-0.3, -0.25) is 0 Å². The van der Waals surface area contributed by atoms with E-state index in [9.17, 15) is 0 Å². The minimum atomic E-state index is 0.106. The quantitative estimate of drug-likeness (QED) is 0.541. The van der Waals surface area contributed by atoms with Gasteiger partial charge in [0.05, 0.1) is 0 Å². The molecule has 2 saturated carbocycles. The summed E-state index contributed by atoms with van der Waals surface area (Å²) in [5, 5.41) is 0. The maximum atomic E-state index is 6.10. The van der Waals surface area contributed by atoms with Crippen molar-refractivity contribution < 1.29 is 0 Å². The Labute approximate surface area is 74.7 Å². The zero-order valence-corrected chi connectivity index (χ0v) is 7.72. The Bertz CT molecular complexity index is 208. The average molecular weight is 163 g/mol. The zero-order valence-electron chi connectivity index (χ0n) is 7.72. The highest BCUT2D eigenvalue weighted by atomic mass is 14.8. The number of hydrogen-bond acceptors (Lipinski definition) is 1. The second-order valence-electron chi connectivity index (χ2n) is 4.92. The summed E-state index contributed by atoms with van der Waals surface area (Å²) in [7, 11) is 0. The maximum absolute atomic E-state index is 6.10. The van der Waals surface area contributed by atoms with Crippen molar-refractivity contribution in [2.45, 2.75) is 38.1 Å². The molecule has 0 aliphatic heterocycles. The molecule has 1 nitrogen and oxygen atoms in total. The molecule has 0 bridgehead atoms. The van der Waals surface area contributed by atoms with Crippen LogP contribution in [0.1, 0.15) is 32.6 Å². The molecule has 2 N–H and O–H groups in total. The van der Waals surface area contributed by atoms with Crippen molar-refractivity contribution in [1.29, 1.82) is 0 Å². The fraction of sp³-hybridized carbons (Fsp3) is 0.818. The molecule has 2 aliphatic rings. The van der Waals surface area contributed by atoms with Gasteiger partial charge >= 0.3 is 0 Å². The Kier molecular flexibility index (Phi) is 1.70. The van der Waals surface area contributed by atoms with Crippen LogP contribution in [-0.4, -0.2) is 5.54 Å². The van der Waals surface area contributed by atoms with E-state index in [2.05, 4.69) is 12.8 Å². The summed E-state index contributed by atoms with van der Waals surface area (Å²) >= 11 is 0. The van der Waals surface area contributed by atoms with E-state index < -0.39 is 0 Å². The Hall–Kier alpha value is -0.480. The lowest BCUT2D eigenvalue weighted by molar-refractivity contribution is 0.424. The minimum absolute atomic E-state index is 0.106. The minimum Gasteiger partial charge on any atom is -0.325 e. The number of hydrogen-bond donors (Lipinski definition) is 1. The molecule has 1 heteroatoms. The highest BCUT2D eigenvalue weighted by Crippen LogP contribution is 2.49. The molecule has 0 saturated heterocycles. The summed E-state index contributed by atoms with van der Waals surface area (Å²) in [4.78, 5) is 0. The third-order valence-electron chi connectivity index (χ3n) is 3.53. The van der Waals surface area contributed by atoms with Gasteiger partial charge in [0.25, 0.3) is 0 Å². The number of nitrogens with two attached hydrogens (primary N) is 1. The molecular formula is C11H17N. The molecule has 2 rings (SSSR count). The van der Waals surface area contributed by atoms with Gasteiger partial charge in [-0.05, 0) is 44.4 Å². The second-order valence-corrected chi connectivity index (χ2v) is 4.92. The van der Waals surface area contributed by atoms with Crippen LogP contribution >= 0.6 is 0 Å². The lowest BCUT2D eigenvalue weighted by atomic mass is 9.95. The lowest BCUT2D eigenvalue weighted by Crippen LogP contribution is -2.33. The molecule has 2 aliphatic carbocycles. The SMILES string of the molecule is C#CC1C[C@@H]2C[C@@](C)(N)C[C@@H]2C1. The van der Waals surface area contributed by atoms with Gasteiger partial charge in [-0.15, -0.1) is 12.3 Å². The van der Waals surface area contributed by atoms with Gasteiger partial charge in [0.1, 0.15) is 0 Å². The highest BCUT2D eigenvalue weighted by Gasteiger charge is 2.44. The van der Waals surface area contributed by atoms with Crippen molar-refractivity contribution in [3.63, 3.8) is 0 Å². The van der Waals surface area contributed by atoms with Crippen LogP contribution < -0.4 is 5.73 Å². The van der Waals surface area contributed by atoms with Crippen LogP contribution in [0, 0.1) is 30.1 Å². The Morgan fingerprint density at radius 3 is 2.25 bits per heavy atom. The predicted molar refractivity (Wildman–Crippen MR) is 50.4 cm³/mol. The molecule has 12 heavy (non-hydrogen) atoms. The molecule has 1 unspecified atom stereocenters. The van der Waals surface area contributed by atoms with E-state index in [1.165, 1.54) is 25.7 Å². The molecule has 0 aromatic heterocycles. The number of rotatable bonds is 0. The topological polar surface area (TPSA) is 26.0 Å². The van der Waals surface area contributed by atoms with E-state index in [1.54, 1.807) is 0 Å². The van der Waals surface area contributed by atoms with Crippen molar-refractivity contribution in [2.75, 3.05) is 0 Å². The molecular weight excluding hydrogens is 146 g/mol. The molecule has 0 spiro atoms. The first kappa shape index (κ1) is 8.13. The van der Waals surface area contributed by atoms with Crippen molar-refractivity contribution >= 4 is 0 Å². The molecule has 0 radical (unpaired) electrons. The summed E-state index contributed by atoms with van der Waals surface area (Å²) in [6.07, 6.45) is 10.3. The Morgan fingerprint density at radius 2 is 1.83 bits per heavy atom.